The molecule has 11 heavy (non-hydrogen) atoms. The van der Waals surface area contributed by atoms with Crippen molar-refractivity contribution in [2.24, 2.45) is 0 Å². The second kappa shape index (κ2) is 6.17. The van der Waals surface area contributed by atoms with Gasteiger partial charge < -0.3 is 4.90 Å². The Labute approximate surface area is 70.4 Å². The summed E-state index contributed by atoms with van der Waals surface area (Å²) >= 11 is 0. The summed E-state index contributed by atoms with van der Waals surface area (Å²) in [4.78, 5) is 2.29. The predicted octanol–water partition coefficient (Wildman–Crippen LogP) is 2.46. The van der Waals surface area contributed by atoms with Gasteiger partial charge in [-0.2, -0.15) is 0 Å². The molecule has 0 aliphatic rings. The molecule has 0 unspecified atom stereocenters. The number of allylic oxidation sites excluding steroid dienone is 2. The summed E-state index contributed by atoms with van der Waals surface area (Å²) in [6.07, 6.45) is 6.40. The normalized spacial score (nSPS) is 13.4. The predicted molar refractivity (Wildman–Crippen MR) is 51.7 cm³/mol. The average molecular weight is 153 g/mol. The van der Waals surface area contributed by atoms with Crippen molar-refractivity contribution in [1.29, 1.82) is 0 Å². The van der Waals surface area contributed by atoms with Crippen LogP contribution >= 0.6 is 0 Å². The molecule has 0 atom stereocenters. The van der Waals surface area contributed by atoms with E-state index in [0.717, 1.165) is 13.1 Å². The van der Waals surface area contributed by atoms with E-state index in [2.05, 4.69) is 50.9 Å². The molecule has 0 radical (unpaired) electrons. The fourth-order valence-corrected chi connectivity index (χ4v) is 0.878. The molecule has 0 saturated carbocycles. The van der Waals surface area contributed by atoms with Crippen LogP contribution in [0.5, 0.6) is 0 Å². The van der Waals surface area contributed by atoms with E-state index >= 15 is 0 Å². The van der Waals surface area contributed by atoms with Crippen LogP contribution in [0.1, 0.15) is 20.8 Å². The highest BCUT2D eigenvalue weighted by Crippen LogP contribution is 1.98. The molecule has 0 aliphatic carbocycles. The maximum absolute atomic E-state index is 2.29. The number of likely N-dealkylation sites (N-methyl/N-ethyl adjacent to an activating group) is 1. The first-order valence-electron chi connectivity index (χ1n) is 4.21. The molecule has 0 heterocycles. The van der Waals surface area contributed by atoms with Gasteiger partial charge in [-0.05, 0) is 33.0 Å². The van der Waals surface area contributed by atoms with Crippen molar-refractivity contribution in [3.63, 3.8) is 0 Å². The fraction of sp³-hybridized carbons (Fsp3) is 0.600. The number of rotatable bonds is 4. The first-order chi connectivity index (χ1) is 5.24. The van der Waals surface area contributed by atoms with E-state index < -0.39 is 0 Å². The van der Waals surface area contributed by atoms with Gasteiger partial charge >= 0.3 is 0 Å². The summed E-state index contributed by atoms with van der Waals surface area (Å²) in [6, 6.07) is 0. The topological polar surface area (TPSA) is 3.24 Å². The van der Waals surface area contributed by atoms with Crippen LogP contribution in [-0.2, 0) is 0 Å². The van der Waals surface area contributed by atoms with Gasteiger partial charge in [0.25, 0.3) is 0 Å². The minimum atomic E-state index is 1.05. The minimum Gasteiger partial charge on any atom is -0.302 e. The molecule has 1 nitrogen and oxygen atoms in total. The maximum atomic E-state index is 2.29. The van der Waals surface area contributed by atoms with Gasteiger partial charge in [0.2, 0.25) is 0 Å². The van der Waals surface area contributed by atoms with Gasteiger partial charge in [0.05, 0.1) is 0 Å². The van der Waals surface area contributed by atoms with Gasteiger partial charge in [0.1, 0.15) is 0 Å². The lowest BCUT2D eigenvalue weighted by atomic mass is 10.2. The van der Waals surface area contributed by atoms with Crippen LogP contribution in [0.3, 0.4) is 0 Å². The smallest absolute Gasteiger partial charge is 0.0227 e. The lowest BCUT2D eigenvalue weighted by Gasteiger charge is -2.13. The number of hydrogen-bond donors (Lipinski definition) is 0. The fourth-order valence-electron chi connectivity index (χ4n) is 0.878. The van der Waals surface area contributed by atoms with Crippen molar-refractivity contribution in [1.82, 2.24) is 4.90 Å². The van der Waals surface area contributed by atoms with E-state index in [1.54, 1.807) is 0 Å². The Bertz CT molecular complexity index is 145. The van der Waals surface area contributed by atoms with Crippen LogP contribution in [-0.4, -0.2) is 25.0 Å². The van der Waals surface area contributed by atoms with Crippen molar-refractivity contribution < 1.29 is 0 Å². The van der Waals surface area contributed by atoms with Crippen molar-refractivity contribution in [3.05, 3.63) is 23.8 Å². The van der Waals surface area contributed by atoms with Crippen LogP contribution in [0.4, 0.5) is 0 Å². The van der Waals surface area contributed by atoms with E-state index in [0.29, 0.717) is 0 Å². The molecule has 0 rings (SSSR count). The molecule has 1 heteroatoms. The monoisotopic (exact) mass is 153 g/mol. The molecule has 0 aromatic carbocycles. The summed E-state index contributed by atoms with van der Waals surface area (Å²) in [6.45, 7) is 8.46. The SMILES string of the molecule is C/C=C\C(=C/C)CN(C)CC. The maximum Gasteiger partial charge on any atom is 0.0227 e. The molecule has 0 aliphatic heterocycles. The van der Waals surface area contributed by atoms with E-state index in [9.17, 15) is 0 Å². The summed E-state index contributed by atoms with van der Waals surface area (Å²) in [5.74, 6) is 0. The summed E-state index contributed by atoms with van der Waals surface area (Å²) in [7, 11) is 2.13. The molecule has 0 amide bonds. The Morgan fingerprint density at radius 3 is 2.36 bits per heavy atom. The summed E-state index contributed by atoms with van der Waals surface area (Å²) in [5, 5.41) is 0. The van der Waals surface area contributed by atoms with Gasteiger partial charge in [0, 0.05) is 6.54 Å². The largest absolute Gasteiger partial charge is 0.302 e. The molecule has 0 bridgehead atoms. The third-order valence-electron chi connectivity index (χ3n) is 1.74. The highest BCUT2D eigenvalue weighted by Gasteiger charge is 1.94. The second-order valence-electron chi connectivity index (χ2n) is 2.69. The molecule has 0 aromatic heterocycles. The standard InChI is InChI=1S/C10H19N/c1-5-8-10(6-2)9-11(4)7-3/h5-6,8H,7,9H2,1-4H3/b8-5-,10-6+. The zero-order chi connectivity index (χ0) is 8.69. The van der Waals surface area contributed by atoms with Crippen LogP contribution in [0.25, 0.3) is 0 Å². The first kappa shape index (κ1) is 10.4. The Hall–Kier alpha value is -0.560. The molecule has 64 valence electrons. The van der Waals surface area contributed by atoms with Crippen molar-refractivity contribution in [3.8, 4) is 0 Å². The quantitative estimate of drug-likeness (QED) is 0.561. The van der Waals surface area contributed by atoms with Crippen molar-refractivity contribution in [2.45, 2.75) is 20.8 Å². The molecule has 0 aromatic rings. The molecule has 0 spiro atoms. The van der Waals surface area contributed by atoms with Gasteiger partial charge in [-0.3, -0.25) is 0 Å². The van der Waals surface area contributed by atoms with E-state index in [-0.39, 0.29) is 0 Å². The van der Waals surface area contributed by atoms with Gasteiger partial charge in [-0.15, -0.1) is 0 Å². The van der Waals surface area contributed by atoms with Crippen LogP contribution in [0, 0.1) is 0 Å². The van der Waals surface area contributed by atoms with E-state index in [1.807, 2.05) is 0 Å². The Morgan fingerprint density at radius 1 is 1.36 bits per heavy atom. The summed E-state index contributed by atoms with van der Waals surface area (Å²) in [5.41, 5.74) is 1.39. The molecule has 0 N–H and O–H groups in total. The first-order valence-corrected chi connectivity index (χ1v) is 4.21. The lowest BCUT2D eigenvalue weighted by Crippen LogP contribution is -2.19. The third kappa shape index (κ3) is 4.79. The molecular formula is C10H19N. The van der Waals surface area contributed by atoms with Crippen LogP contribution in [0.15, 0.2) is 23.8 Å². The van der Waals surface area contributed by atoms with Crippen LogP contribution < -0.4 is 0 Å². The van der Waals surface area contributed by atoms with Gasteiger partial charge in [-0.1, -0.05) is 25.2 Å². The van der Waals surface area contributed by atoms with E-state index in [1.165, 1.54) is 5.57 Å². The Kier molecular flexibility index (Phi) is 5.86. The highest BCUT2D eigenvalue weighted by atomic mass is 15.1. The number of nitrogens with zero attached hydrogens (tertiary/aromatic N) is 1. The second-order valence-corrected chi connectivity index (χ2v) is 2.69. The van der Waals surface area contributed by atoms with Gasteiger partial charge in [0.15, 0.2) is 0 Å². The Balaban J connectivity index is 3.89. The summed E-state index contributed by atoms with van der Waals surface area (Å²) < 4.78 is 0. The Morgan fingerprint density at radius 2 is 2.00 bits per heavy atom. The molecular weight excluding hydrogens is 134 g/mol. The average Bonchev–Trinajstić information content (AvgIpc) is 2.03. The lowest BCUT2D eigenvalue weighted by molar-refractivity contribution is 0.386. The molecule has 0 fully saturated rings. The highest BCUT2D eigenvalue weighted by molar-refractivity contribution is 5.18. The van der Waals surface area contributed by atoms with E-state index in [4.69, 9.17) is 0 Å². The van der Waals surface area contributed by atoms with Crippen molar-refractivity contribution >= 4 is 0 Å². The zero-order valence-corrected chi connectivity index (χ0v) is 8.09. The van der Waals surface area contributed by atoms with Crippen molar-refractivity contribution in [2.75, 3.05) is 20.1 Å². The molecule has 0 saturated heterocycles. The van der Waals surface area contributed by atoms with Gasteiger partial charge in [-0.25, -0.2) is 0 Å². The zero-order valence-electron chi connectivity index (χ0n) is 8.09. The van der Waals surface area contributed by atoms with Crippen LogP contribution in [0.2, 0.25) is 0 Å². The number of hydrogen-bond acceptors (Lipinski definition) is 1. The third-order valence-corrected chi connectivity index (χ3v) is 1.74. The minimum absolute atomic E-state index is 1.05.